The molecule has 0 saturated heterocycles. The molecule has 0 fully saturated rings. The molecule has 94 valence electrons. The van der Waals surface area contributed by atoms with Gasteiger partial charge in [-0.1, -0.05) is 41.0 Å². The molecular formula is C12H10Cl2N2OS. The summed E-state index contributed by atoms with van der Waals surface area (Å²) >= 11 is 13.5. The van der Waals surface area contributed by atoms with E-state index in [9.17, 15) is 4.79 Å². The second-order valence-corrected chi connectivity index (χ2v) is 5.20. The molecule has 0 atom stereocenters. The van der Waals surface area contributed by atoms with Crippen LogP contribution >= 0.6 is 35.0 Å². The molecule has 0 bridgehead atoms. The molecule has 0 aliphatic heterocycles. The average Bonchev–Trinajstić information content (AvgIpc) is 2.36. The Morgan fingerprint density at radius 1 is 1.33 bits per heavy atom. The maximum Gasteiger partial charge on any atom is 0.261 e. The largest absolute Gasteiger partial charge is 0.269 e. The highest BCUT2D eigenvalue weighted by Crippen LogP contribution is 2.29. The summed E-state index contributed by atoms with van der Waals surface area (Å²) < 4.78 is 1.48. The molecule has 0 aliphatic carbocycles. The molecule has 0 unspecified atom stereocenters. The maximum atomic E-state index is 12.2. The second-order valence-electron chi connectivity index (χ2n) is 3.64. The van der Waals surface area contributed by atoms with Crippen molar-refractivity contribution in [3.63, 3.8) is 0 Å². The van der Waals surface area contributed by atoms with E-state index in [1.807, 2.05) is 6.26 Å². The Labute approximate surface area is 119 Å². The number of hydrogen-bond acceptors (Lipinski definition) is 3. The zero-order chi connectivity index (χ0) is 13.3. The highest BCUT2D eigenvalue weighted by Gasteiger charge is 2.13. The Morgan fingerprint density at radius 2 is 2.06 bits per heavy atom. The number of aryl methyl sites for hydroxylation is 1. The van der Waals surface area contributed by atoms with E-state index in [0.717, 1.165) is 0 Å². The SMILES string of the molecule is CSc1ncc(C)c(=O)n1-c1cccc(Cl)c1Cl. The van der Waals surface area contributed by atoms with E-state index in [4.69, 9.17) is 23.2 Å². The lowest BCUT2D eigenvalue weighted by Gasteiger charge is -2.12. The van der Waals surface area contributed by atoms with Crippen molar-refractivity contribution in [1.29, 1.82) is 0 Å². The van der Waals surface area contributed by atoms with Gasteiger partial charge in [0.2, 0.25) is 0 Å². The van der Waals surface area contributed by atoms with Crippen molar-refractivity contribution in [2.45, 2.75) is 12.1 Å². The summed E-state index contributed by atoms with van der Waals surface area (Å²) in [5.74, 6) is 0. The summed E-state index contributed by atoms with van der Waals surface area (Å²) in [6.45, 7) is 1.72. The Morgan fingerprint density at radius 3 is 2.72 bits per heavy atom. The van der Waals surface area contributed by atoms with Gasteiger partial charge in [0.15, 0.2) is 5.16 Å². The standard InChI is InChI=1S/C12H10Cl2N2OS/c1-7-6-15-12(18-2)16(11(7)17)9-5-3-4-8(13)10(9)14/h3-6H,1-2H3. The van der Waals surface area contributed by atoms with Gasteiger partial charge < -0.3 is 0 Å². The van der Waals surface area contributed by atoms with E-state index in [0.29, 0.717) is 26.5 Å². The quantitative estimate of drug-likeness (QED) is 0.628. The van der Waals surface area contributed by atoms with Crippen LogP contribution in [-0.4, -0.2) is 15.8 Å². The number of rotatable bonds is 2. The van der Waals surface area contributed by atoms with Crippen LogP contribution in [0.5, 0.6) is 0 Å². The number of benzene rings is 1. The van der Waals surface area contributed by atoms with E-state index < -0.39 is 0 Å². The molecule has 0 aliphatic rings. The Bertz CT molecular complexity index is 655. The fourth-order valence-electron chi connectivity index (χ4n) is 1.55. The van der Waals surface area contributed by atoms with Gasteiger partial charge in [-0.15, -0.1) is 0 Å². The molecule has 0 radical (unpaired) electrons. The fraction of sp³-hybridized carbons (Fsp3) is 0.167. The van der Waals surface area contributed by atoms with Crippen molar-refractivity contribution in [1.82, 2.24) is 9.55 Å². The molecule has 0 spiro atoms. The molecule has 2 rings (SSSR count). The van der Waals surface area contributed by atoms with Crippen LogP contribution in [0.2, 0.25) is 10.0 Å². The van der Waals surface area contributed by atoms with Crippen molar-refractivity contribution >= 4 is 35.0 Å². The van der Waals surface area contributed by atoms with Crippen LogP contribution in [0.15, 0.2) is 34.3 Å². The predicted octanol–water partition coefficient (Wildman–Crippen LogP) is 3.57. The first-order chi connectivity index (χ1) is 8.56. The third kappa shape index (κ3) is 2.28. The summed E-state index contributed by atoms with van der Waals surface area (Å²) in [6, 6.07) is 5.18. The van der Waals surface area contributed by atoms with Crippen LogP contribution in [-0.2, 0) is 0 Å². The van der Waals surface area contributed by atoms with E-state index in [1.54, 1.807) is 31.3 Å². The van der Waals surface area contributed by atoms with Gasteiger partial charge in [-0.25, -0.2) is 4.98 Å². The van der Waals surface area contributed by atoms with Crippen LogP contribution in [0.1, 0.15) is 5.56 Å². The summed E-state index contributed by atoms with van der Waals surface area (Å²) in [5, 5.41) is 1.34. The monoisotopic (exact) mass is 300 g/mol. The number of hydrogen-bond donors (Lipinski definition) is 0. The van der Waals surface area contributed by atoms with Crippen molar-refractivity contribution in [3.05, 3.63) is 50.4 Å². The van der Waals surface area contributed by atoms with Crippen LogP contribution in [0.4, 0.5) is 0 Å². The molecule has 6 heteroatoms. The van der Waals surface area contributed by atoms with E-state index in [-0.39, 0.29) is 5.56 Å². The molecule has 1 heterocycles. The predicted molar refractivity (Wildman–Crippen MR) is 76.4 cm³/mol. The minimum atomic E-state index is -0.140. The van der Waals surface area contributed by atoms with E-state index in [2.05, 4.69) is 4.98 Å². The molecule has 1 aromatic carbocycles. The van der Waals surface area contributed by atoms with Gasteiger partial charge in [-0.2, -0.15) is 0 Å². The minimum Gasteiger partial charge on any atom is -0.269 e. The van der Waals surface area contributed by atoms with Crippen LogP contribution in [0.3, 0.4) is 0 Å². The second kappa shape index (κ2) is 5.34. The van der Waals surface area contributed by atoms with Gasteiger partial charge in [0.25, 0.3) is 5.56 Å². The van der Waals surface area contributed by atoms with Crippen molar-refractivity contribution < 1.29 is 0 Å². The Kier molecular flexibility index (Phi) is 4.00. The summed E-state index contributed by atoms with van der Waals surface area (Å²) in [4.78, 5) is 16.4. The molecule has 2 aromatic rings. The molecule has 0 N–H and O–H groups in total. The first kappa shape index (κ1) is 13.5. The topological polar surface area (TPSA) is 34.9 Å². The van der Waals surface area contributed by atoms with Crippen LogP contribution < -0.4 is 5.56 Å². The highest BCUT2D eigenvalue weighted by atomic mass is 35.5. The maximum absolute atomic E-state index is 12.2. The normalized spacial score (nSPS) is 10.7. The Hall–Kier alpha value is -0.970. The number of nitrogens with zero attached hydrogens (tertiary/aromatic N) is 2. The average molecular weight is 301 g/mol. The summed E-state index contributed by atoms with van der Waals surface area (Å²) in [5.41, 5.74) is 0.970. The summed E-state index contributed by atoms with van der Waals surface area (Å²) in [6.07, 6.45) is 3.41. The van der Waals surface area contributed by atoms with E-state index in [1.165, 1.54) is 16.3 Å². The molecule has 0 saturated carbocycles. The van der Waals surface area contributed by atoms with Gasteiger partial charge in [0, 0.05) is 11.8 Å². The highest BCUT2D eigenvalue weighted by molar-refractivity contribution is 7.98. The van der Waals surface area contributed by atoms with Gasteiger partial charge >= 0.3 is 0 Å². The number of thioether (sulfide) groups is 1. The zero-order valence-electron chi connectivity index (χ0n) is 9.78. The molecule has 1 aromatic heterocycles. The molecule has 3 nitrogen and oxygen atoms in total. The van der Waals surface area contributed by atoms with Crippen molar-refractivity contribution in [3.8, 4) is 5.69 Å². The molecule has 0 amide bonds. The lowest BCUT2D eigenvalue weighted by molar-refractivity contribution is 0.785. The van der Waals surface area contributed by atoms with Crippen LogP contribution in [0.25, 0.3) is 5.69 Å². The Balaban J connectivity index is 2.82. The molecular weight excluding hydrogens is 291 g/mol. The lowest BCUT2D eigenvalue weighted by Crippen LogP contribution is -2.23. The van der Waals surface area contributed by atoms with Gasteiger partial charge in [0.05, 0.1) is 15.7 Å². The van der Waals surface area contributed by atoms with Gasteiger partial charge in [0.1, 0.15) is 0 Å². The summed E-state index contributed by atoms with van der Waals surface area (Å²) in [7, 11) is 0. The number of halogens is 2. The van der Waals surface area contributed by atoms with Crippen LogP contribution in [0, 0.1) is 6.92 Å². The van der Waals surface area contributed by atoms with Gasteiger partial charge in [-0.05, 0) is 25.3 Å². The third-order valence-electron chi connectivity index (χ3n) is 2.46. The van der Waals surface area contributed by atoms with Gasteiger partial charge in [-0.3, -0.25) is 9.36 Å². The number of aromatic nitrogens is 2. The van der Waals surface area contributed by atoms with E-state index >= 15 is 0 Å². The first-order valence-electron chi connectivity index (χ1n) is 5.13. The minimum absolute atomic E-state index is 0.140. The van der Waals surface area contributed by atoms with Crippen molar-refractivity contribution in [2.75, 3.05) is 6.26 Å². The molecule has 18 heavy (non-hydrogen) atoms. The van der Waals surface area contributed by atoms with Crippen molar-refractivity contribution in [2.24, 2.45) is 0 Å². The third-order valence-corrected chi connectivity index (χ3v) is 3.92. The first-order valence-corrected chi connectivity index (χ1v) is 7.11. The smallest absolute Gasteiger partial charge is 0.261 e. The fourth-order valence-corrected chi connectivity index (χ4v) is 2.45. The zero-order valence-corrected chi connectivity index (χ0v) is 12.1. The lowest BCUT2D eigenvalue weighted by atomic mass is 10.3.